The van der Waals surface area contributed by atoms with Crippen LogP contribution in [0.2, 0.25) is 0 Å². The summed E-state index contributed by atoms with van der Waals surface area (Å²) in [6, 6.07) is 0. The molecule has 0 bridgehead atoms. The first kappa shape index (κ1) is 11.8. The van der Waals surface area contributed by atoms with Crippen molar-refractivity contribution in [1.82, 2.24) is 0 Å². The van der Waals surface area contributed by atoms with E-state index in [9.17, 15) is 0 Å². The monoisotopic (exact) mass is 190 g/mol. The van der Waals surface area contributed by atoms with Crippen molar-refractivity contribution in [2.75, 3.05) is 21.3 Å². The lowest BCUT2D eigenvalue weighted by molar-refractivity contribution is 0.138. The summed E-state index contributed by atoms with van der Waals surface area (Å²) in [6.07, 6.45) is 4.20. The van der Waals surface area contributed by atoms with E-state index in [4.69, 9.17) is 13.3 Å². The summed E-state index contributed by atoms with van der Waals surface area (Å²) in [4.78, 5) is 0. The Kier molecular flexibility index (Phi) is 6.28. The molecule has 0 aromatic heterocycles. The molecule has 0 aromatic rings. The van der Waals surface area contributed by atoms with Crippen LogP contribution >= 0.6 is 0 Å². The fraction of sp³-hybridized carbons (Fsp3) is 0.750. The van der Waals surface area contributed by atoms with Crippen LogP contribution in [-0.2, 0) is 13.3 Å². The van der Waals surface area contributed by atoms with Crippen LogP contribution in [0.5, 0.6) is 0 Å². The van der Waals surface area contributed by atoms with Gasteiger partial charge in [0.05, 0.1) is 0 Å². The van der Waals surface area contributed by atoms with Crippen LogP contribution in [0.15, 0.2) is 11.8 Å². The highest BCUT2D eigenvalue weighted by molar-refractivity contribution is 6.66. The average molecular weight is 190 g/mol. The second kappa shape index (κ2) is 6.36. The number of allylic oxidation sites excluding steroid dienone is 1. The van der Waals surface area contributed by atoms with Gasteiger partial charge in [0.25, 0.3) is 0 Å². The van der Waals surface area contributed by atoms with E-state index < -0.39 is 8.80 Å². The Morgan fingerprint density at radius 3 is 1.92 bits per heavy atom. The topological polar surface area (TPSA) is 27.7 Å². The predicted octanol–water partition coefficient (Wildman–Crippen LogP) is 1.76. The summed E-state index contributed by atoms with van der Waals surface area (Å²) < 4.78 is 15.6. The van der Waals surface area contributed by atoms with E-state index in [0.29, 0.717) is 0 Å². The molecule has 0 fully saturated rings. The molecule has 0 heterocycles. The zero-order valence-corrected chi connectivity index (χ0v) is 9.29. The maximum absolute atomic E-state index is 5.19. The third-order valence-electron chi connectivity index (χ3n) is 1.63. The summed E-state index contributed by atoms with van der Waals surface area (Å²) in [6.45, 7) is 2.12. The molecule has 0 saturated carbocycles. The van der Waals surface area contributed by atoms with Crippen LogP contribution in [0.3, 0.4) is 0 Å². The molecule has 0 aliphatic rings. The lowest BCUT2D eigenvalue weighted by atomic mass is 10.3. The maximum Gasteiger partial charge on any atom is 0.528 e. The minimum atomic E-state index is -2.44. The van der Waals surface area contributed by atoms with Gasteiger partial charge in [0.1, 0.15) is 0 Å². The van der Waals surface area contributed by atoms with Crippen molar-refractivity contribution >= 4 is 8.80 Å². The Morgan fingerprint density at radius 1 is 1.08 bits per heavy atom. The highest BCUT2D eigenvalue weighted by atomic mass is 28.4. The molecule has 3 nitrogen and oxygen atoms in total. The zero-order chi connectivity index (χ0) is 9.45. The molecule has 0 spiro atoms. The summed E-state index contributed by atoms with van der Waals surface area (Å²) in [5, 5.41) is 0. The Hall–Kier alpha value is -0.163. The minimum absolute atomic E-state index is 1.03. The lowest BCUT2D eigenvalue weighted by Gasteiger charge is -2.20. The third-order valence-corrected chi connectivity index (χ3v) is 3.98. The van der Waals surface area contributed by atoms with Gasteiger partial charge in [0, 0.05) is 21.3 Å². The van der Waals surface area contributed by atoms with Gasteiger partial charge in [-0.05, 0) is 12.1 Å². The molecular weight excluding hydrogens is 172 g/mol. The highest BCUT2D eigenvalue weighted by Gasteiger charge is 2.33. The quantitative estimate of drug-likeness (QED) is 0.597. The number of rotatable bonds is 6. The first-order valence-electron chi connectivity index (χ1n) is 4.07. The molecule has 0 saturated heterocycles. The average Bonchev–Trinajstić information content (AvgIpc) is 2.14. The third kappa shape index (κ3) is 3.49. The van der Waals surface area contributed by atoms with Crippen LogP contribution in [0.1, 0.15) is 19.8 Å². The summed E-state index contributed by atoms with van der Waals surface area (Å²) >= 11 is 0. The molecule has 4 heteroatoms. The SMILES string of the molecule is CCC/C=C/[Si](OC)(OC)OC. The maximum atomic E-state index is 5.19. The second-order valence-corrected chi connectivity index (χ2v) is 5.17. The molecule has 0 aromatic carbocycles. The molecular formula is C8H18O3Si. The molecule has 0 radical (unpaired) electrons. The van der Waals surface area contributed by atoms with Gasteiger partial charge in [-0.25, -0.2) is 0 Å². The van der Waals surface area contributed by atoms with Gasteiger partial charge < -0.3 is 13.3 Å². The number of unbranched alkanes of at least 4 members (excludes halogenated alkanes) is 1. The van der Waals surface area contributed by atoms with Crippen molar-refractivity contribution in [3.63, 3.8) is 0 Å². The Labute approximate surface area is 75.7 Å². The summed E-state index contributed by atoms with van der Waals surface area (Å²) in [5.74, 6) is 0. The second-order valence-electron chi connectivity index (χ2n) is 2.41. The number of hydrogen-bond acceptors (Lipinski definition) is 3. The van der Waals surface area contributed by atoms with Gasteiger partial charge in [0.2, 0.25) is 0 Å². The van der Waals surface area contributed by atoms with Crippen molar-refractivity contribution in [1.29, 1.82) is 0 Å². The van der Waals surface area contributed by atoms with Crippen molar-refractivity contribution in [2.45, 2.75) is 19.8 Å². The predicted molar refractivity (Wildman–Crippen MR) is 50.8 cm³/mol. The molecule has 12 heavy (non-hydrogen) atoms. The smallest absolute Gasteiger partial charge is 0.374 e. The molecule has 0 aliphatic heterocycles. The molecule has 0 N–H and O–H groups in total. The van der Waals surface area contributed by atoms with Crippen molar-refractivity contribution in [3.05, 3.63) is 11.8 Å². The van der Waals surface area contributed by atoms with Gasteiger partial charge in [-0.15, -0.1) is 0 Å². The largest absolute Gasteiger partial charge is 0.528 e. The van der Waals surface area contributed by atoms with E-state index >= 15 is 0 Å². The van der Waals surface area contributed by atoms with E-state index in [2.05, 4.69) is 6.92 Å². The minimum Gasteiger partial charge on any atom is -0.374 e. The standard InChI is InChI=1S/C8H18O3Si/c1-5-6-7-8-12(9-2,10-3)11-4/h7-8H,5-6H2,1-4H3/b8-7+. The normalized spacial score (nSPS) is 12.7. The van der Waals surface area contributed by atoms with Gasteiger partial charge in [0.15, 0.2) is 0 Å². The van der Waals surface area contributed by atoms with Gasteiger partial charge in [-0.1, -0.05) is 19.4 Å². The van der Waals surface area contributed by atoms with Crippen LogP contribution in [0, 0.1) is 0 Å². The highest BCUT2D eigenvalue weighted by Crippen LogP contribution is 2.08. The molecule has 0 amide bonds. The van der Waals surface area contributed by atoms with Gasteiger partial charge in [-0.2, -0.15) is 0 Å². The van der Waals surface area contributed by atoms with Crippen molar-refractivity contribution in [3.8, 4) is 0 Å². The van der Waals surface area contributed by atoms with Crippen molar-refractivity contribution < 1.29 is 13.3 Å². The van der Waals surface area contributed by atoms with E-state index in [-0.39, 0.29) is 0 Å². The molecule has 72 valence electrons. The van der Waals surface area contributed by atoms with Crippen LogP contribution in [-0.4, -0.2) is 30.1 Å². The Morgan fingerprint density at radius 2 is 1.58 bits per heavy atom. The summed E-state index contributed by atoms with van der Waals surface area (Å²) in [7, 11) is 2.38. The zero-order valence-electron chi connectivity index (χ0n) is 8.29. The fourth-order valence-electron chi connectivity index (χ4n) is 0.848. The van der Waals surface area contributed by atoms with Crippen molar-refractivity contribution in [2.24, 2.45) is 0 Å². The first-order valence-corrected chi connectivity index (χ1v) is 5.88. The first-order chi connectivity index (χ1) is 5.74. The number of hydrogen-bond donors (Lipinski definition) is 0. The van der Waals surface area contributed by atoms with E-state index in [1.165, 1.54) is 0 Å². The van der Waals surface area contributed by atoms with Crippen LogP contribution in [0.4, 0.5) is 0 Å². The molecule has 0 rings (SSSR count). The van der Waals surface area contributed by atoms with E-state index in [1.807, 2.05) is 11.8 Å². The van der Waals surface area contributed by atoms with Crippen LogP contribution in [0.25, 0.3) is 0 Å². The van der Waals surface area contributed by atoms with Crippen LogP contribution < -0.4 is 0 Å². The lowest BCUT2D eigenvalue weighted by Crippen LogP contribution is -2.40. The summed E-state index contributed by atoms with van der Waals surface area (Å²) in [5.41, 5.74) is 1.91. The van der Waals surface area contributed by atoms with E-state index in [0.717, 1.165) is 12.8 Å². The van der Waals surface area contributed by atoms with Gasteiger partial charge in [-0.3, -0.25) is 0 Å². The Bertz CT molecular complexity index is 124. The molecule has 0 atom stereocenters. The van der Waals surface area contributed by atoms with Gasteiger partial charge >= 0.3 is 8.80 Å². The van der Waals surface area contributed by atoms with E-state index in [1.54, 1.807) is 21.3 Å². The fourth-order valence-corrected chi connectivity index (χ4v) is 2.21. The molecule has 0 unspecified atom stereocenters. The Balaban J connectivity index is 4.09. The molecule has 0 aliphatic carbocycles.